The van der Waals surface area contributed by atoms with Gasteiger partial charge < -0.3 is 15.1 Å². The van der Waals surface area contributed by atoms with Gasteiger partial charge in [-0.2, -0.15) is 0 Å². The van der Waals surface area contributed by atoms with E-state index in [1.54, 1.807) is 11.3 Å². The Morgan fingerprint density at radius 1 is 1.11 bits per heavy atom. The molecule has 0 unspecified atom stereocenters. The summed E-state index contributed by atoms with van der Waals surface area (Å²) in [5.74, 6) is 0. The van der Waals surface area contributed by atoms with Crippen LogP contribution >= 0.6 is 39.5 Å². The molecule has 4 rings (SSSR count). The van der Waals surface area contributed by atoms with Crippen molar-refractivity contribution in [1.82, 2.24) is 10.3 Å². The second-order valence-corrected chi connectivity index (χ2v) is 9.43. The van der Waals surface area contributed by atoms with E-state index >= 15 is 0 Å². The number of thiophene rings is 1. The van der Waals surface area contributed by atoms with Gasteiger partial charge >= 0.3 is 0 Å². The van der Waals surface area contributed by atoms with Crippen molar-refractivity contribution in [3.05, 3.63) is 75.2 Å². The average Bonchev–Trinajstić information content (AvgIpc) is 3.25. The van der Waals surface area contributed by atoms with E-state index in [1.807, 2.05) is 32.4 Å². The number of pyridine rings is 1. The molecule has 0 amide bonds. The second kappa shape index (κ2) is 7.58. The van der Waals surface area contributed by atoms with E-state index in [4.69, 9.17) is 12.2 Å². The number of halogens is 1. The van der Waals surface area contributed by atoms with Crippen molar-refractivity contribution >= 4 is 56.0 Å². The van der Waals surface area contributed by atoms with Gasteiger partial charge in [0.15, 0.2) is 5.11 Å². The third-order valence-electron chi connectivity index (χ3n) is 4.63. The van der Waals surface area contributed by atoms with Crippen molar-refractivity contribution in [3.63, 3.8) is 0 Å². The number of rotatable bonds is 4. The van der Waals surface area contributed by atoms with Crippen LogP contribution in [0.25, 0.3) is 0 Å². The van der Waals surface area contributed by atoms with Crippen molar-refractivity contribution in [2.24, 2.45) is 0 Å². The summed E-state index contributed by atoms with van der Waals surface area (Å²) in [6.07, 6.45) is 1.83. The zero-order valence-electron chi connectivity index (χ0n) is 15.0. The van der Waals surface area contributed by atoms with Gasteiger partial charge in [0.05, 0.1) is 21.6 Å². The summed E-state index contributed by atoms with van der Waals surface area (Å²) in [7, 11) is 4.08. The summed E-state index contributed by atoms with van der Waals surface area (Å²) in [4.78, 5) is 10.1. The topological polar surface area (TPSA) is 31.4 Å². The highest BCUT2D eigenvalue weighted by Crippen LogP contribution is 2.44. The van der Waals surface area contributed by atoms with E-state index in [9.17, 15) is 0 Å². The smallest absolute Gasteiger partial charge is 0.174 e. The third kappa shape index (κ3) is 3.59. The molecule has 4 nitrogen and oxygen atoms in total. The Morgan fingerprint density at radius 3 is 2.48 bits per heavy atom. The Hall–Kier alpha value is -1.96. The Labute approximate surface area is 177 Å². The minimum Gasteiger partial charge on any atom is -0.378 e. The molecule has 0 saturated carbocycles. The molecule has 138 valence electrons. The summed E-state index contributed by atoms with van der Waals surface area (Å²) in [5.41, 5.74) is 3.22. The molecule has 0 radical (unpaired) electrons. The van der Waals surface area contributed by atoms with Crippen molar-refractivity contribution < 1.29 is 0 Å². The van der Waals surface area contributed by atoms with Gasteiger partial charge in [-0.15, -0.1) is 11.3 Å². The summed E-state index contributed by atoms with van der Waals surface area (Å²) in [5, 5.41) is 4.21. The largest absolute Gasteiger partial charge is 0.378 e. The number of hydrogen-bond donors (Lipinski definition) is 1. The zero-order chi connectivity index (χ0) is 19.0. The highest BCUT2D eigenvalue weighted by Gasteiger charge is 2.41. The fourth-order valence-electron chi connectivity index (χ4n) is 3.32. The standard InChI is InChI=1S/C20H19BrN4S2/c1-24(2)13-6-8-14(9-7-13)25-19(16-10-11-17(21)27-16)18(23-20(25)26)15-5-3-4-12-22-15/h3-12,18-19H,1-2H3,(H,23,26)/t18-,19+/m0/s1. The minimum atomic E-state index is -0.00206. The Balaban J connectivity index is 1.78. The molecule has 1 fully saturated rings. The van der Waals surface area contributed by atoms with Crippen LogP contribution in [0.3, 0.4) is 0 Å². The molecule has 1 aliphatic rings. The first kappa shape index (κ1) is 18.4. The predicted octanol–water partition coefficient (Wildman–Crippen LogP) is 5.15. The maximum atomic E-state index is 5.74. The molecule has 27 heavy (non-hydrogen) atoms. The molecular weight excluding hydrogens is 440 g/mol. The molecule has 3 aromatic rings. The SMILES string of the molecule is CN(C)c1ccc(N2C(=S)N[C@@H](c3ccccn3)[C@H]2c2ccc(Br)s2)cc1. The molecule has 1 saturated heterocycles. The maximum absolute atomic E-state index is 5.74. The lowest BCUT2D eigenvalue weighted by molar-refractivity contribution is 0.575. The Kier molecular flexibility index (Phi) is 5.16. The first-order valence-corrected chi connectivity index (χ1v) is 10.6. The van der Waals surface area contributed by atoms with Gasteiger partial charge in [-0.25, -0.2) is 0 Å². The van der Waals surface area contributed by atoms with E-state index in [0.717, 1.165) is 26.0 Å². The third-order valence-corrected chi connectivity index (χ3v) is 6.64. The number of thiocarbonyl (C=S) groups is 1. The summed E-state index contributed by atoms with van der Waals surface area (Å²) in [6.45, 7) is 0. The quantitative estimate of drug-likeness (QED) is 0.546. The van der Waals surface area contributed by atoms with E-state index in [-0.39, 0.29) is 12.1 Å². The highest BCUT2D eigenvalue weighted by molar-refractivity contribution is 9.11. The lowest BCUT2D eigenvalue weighted by atomic mass is 10.0. The highest BCUT2D eigenvalue weighted by atomic mass is 79.9. The molecule has 0 aliphatic carbocycles. The summed E-state index contributed by atoms with van der Waals surface area (Å²) < 4.78 is 1.11. The molecule has 2 aromatic heterocycles. The van der Waals surface area contributed by atoms with E-state index in [2.05, 4.69) is 78.5 Å². The van der Waals surface area contributed by atoms with Crippen molar-refractivity contribution in [1.29, 1.82) is 0 Å². The van der Waals surface area contributed by atoms with Crippen LogP contribution < -0.4 is 15.1 Å². The Morgan fingerprint density at radius 2 is 1.89 bits per heavy atom. The van der Waals surface area contributed by atoms with Gasteiger partial charge in [-0.05, 0) is 76.7 Å². The molecular formula is C20H19BrN4S2. The van der Waals surface area contributed by atoms with Gasteiger partial charge in [-0.3, -0.25) is 4.98 Å². The molecule has 2 atom stereocenters. The number of anilines is 2. The van der Waals surface area contributed by atoms with Gasteiger partial charge in [-0.1, -0.05) is 6.07 Å². The lowest BCUT2D eigenvalue weighted by Crippen LogP contribution is -2.29. The van der Waals surface area contributed by atoms with Crippen LogP contribution in [0.15, 0.2) is 64.6 Å². The fraction of sp³-hybridized carbons (Fsp3) is 0.200. The van der Waals surface area contributed by atoms with E-state index < -0.39 is 0 Å². The molecule has 1 aliphatic heterocycles. The van der Waals surface area contributed by atoms with Gasteiger partial charge in [0.1, 0.15) is 0 Å². The molecule has 1 N–H and O–H groups in total. The number of nitrogens with one attached hydrogen (secondary N) is 1. The van der Waals surface area contributed by atoms with Gasteiger partial charge in [0, 0.05) is 36.5 Å². The lowest BCUT2D eigenvalue weighted by Gasteiger charge is -2.27. The maximum Gasteiger partial charge on any atom is 0.174 e. The number of hydrogen-bond acceptors (Lipinski definition) is 4. The number of aromatic nitrogens is 1. The Bertz CT molecular complexity index is 940. The average molecular weight is 459 g/mol. The number of nitrogens with zero attached hydrogens (tertiary/aromatic N) is 3. The normalized spacial score (nSPS) is 19.2. The second-order valence-electron chi connectivity index (χ2n) is 6.55. The monoisotopic (exact) mass is 458 g/mol. The molecule has 1 aromatic carbocycles. The first-order chi connectivity index (χ1) is 13.0. The van der Waals surface area contributed by atoms with Crippen molar-refractivity contribution in [2.75, 3.05) is 23.9 Å². The molecule has 7 heteroatoms. The minimum absolute atomic E-state index is 0.00206. The van der Waals surface area contributed by atoms with Crippen LogP contribution in [0.4, 0.5) is 11.4 Å². The van der Waals surface area contributed by atoms with Crippen LogP contribution in [-0.4, -0.2) is 24.2 Å². The summed E-state index contributed by atoms with van der Waals surface area (Å²) >= 11 is 11.1. The first-order valence-electron chi connectivity index (χ1n) is 8.58. The van der Waals surface area contributed by atoms with Crippen LogP contribution in [0, 0.1) is 0 Å². The zero-order valence-corrected chi connectivity index (χ0v) is 18.2. The summed E-state index contributed by atoms with van der Waals surface area (Å²) in [6, 6.07) is 18.8. The number of benzene rings is 1. The van der Waals surface area contributed by atoms with Crippen LogP contribution in [0.2, 0.25) is 0 Å². The van der Waals surface area contributed by atoms with Crippen LogP contribution in [0.1, 0.15) is 22.7 Å². The molecule has 0 spiro atoms. The van der Waals surface area contributed by atoms with Crippen LogP contribution in [0.5, 0.6) is 0 Å². The fourth-order valence-corrected chi connectivity index (χ4v) is 5.22. The van der Waals surface area contributed by atoms with Crippen LogP contribution in [-0.2, 0) is 0 Å². The van der Waals surface area contributed by atoms with E-state index in [0.29, 0.717) is 0 Å². The predicted molar refractivity (Wildman–Crippen MR) is 121 cm³/mol. The van der Waals surface area contributed by atoms with Gasteiger partial charge in [0.25, 0.3) is 0 Å². The van der Waals surface area contributed by atoms with Crippen molar-refractivity contribution in [3.8, 4) is 0 Å². The molecule has 0 bridgehead atoms. The van der Waals surface area contributed by atoms with E-state index in [1.165, 1.54) is 4.88 Å². The van der Waals surface area contributed by atoms with Crippen molar-refractivity contribution in [2.45, 2.75) is 12.1 Å². The molecule has 3 heterocycles. The van der Waals surface area contributed by atoms with Gasteiger partial charge in [0.2, 0.25) is 0 Å².